The number of ether oxygens (including phenoxy) is 1. The van der Waals surface area contributed by atoms with Gasteiger partial charge in [-0.05, 0) is 37.9 Å². The quantitative estimate of drug-likeness (QED) is 0.755. The highest BCUT2D eigenvalue weighted by atomic mass is 16.5. The Morgan fingerprint density at radius 1 is 1.13 bits per heavy atom. The van der Waals surface area contributed by atoms with Crippen molar-refractivity contribution in [1.29, 1.82) is 0 Å². The molecule has 3 rings (SSSR count). The first-order valence-corrected chi connectivity index (χ1v) is 5.87. The van der Waals surface area contributed by atoms with Crippen molar-refractivity contribution in [2.45, 2.75) is 18.8 Å². The van der Waals surface area contributed by atoms with Crippen molar-refractivity contribution in [3.63, 3.8) is 0 Å². The summed E-state index contributed by atoms with van der Waals surface area (Å²) in [6, 6.07) is 8.51. The predicted octanol–water partition coefficient (Wildman–Crippen LogP) is 2.16. The van der Waals surface area contributed by atoms with Crippen LogP contribution in [0.4, 0.5) is 0 Å². The number of fused-ring (bicyclic) bond motifs is 1. The standard InChI is InChI=1S/C13H17NO/c1-2-4-13-11(3-1)12(9-15-13)10-5-7-14-8-6-10/h1-4,10,12,14H,5-9H2. The van der Waals surface area contributed by atoms with E-state index in [0.717, 1.165) is 18.3 Å². The minimum atomic E-state index is 0.642. The zero-order chi connectivity index (χ0) is 10.1. The molecule has 1 aromatic rings. The molecule has 0 bridgehead atoms. The van der Waals surface area contributed by atoms with Crippen LogP contribution in [-0.4, -0.2) is 19.7 Å². The summed E-state index contributed by atoms with van der Waals surface area (Å²) in [5.74, 6) is 2.57. The second kappa shape index (κ2) is 3.86. The maximum absolute atomic E-state index is 5.74. The van der Waals surface area contributed by atoms with E-state index in [9.17, 15) is 0 Å². The first-order chi connectivity index (χ1) is 7.45. The molecule has 0 spiro atoms. The Hall–Kier alpha value is -1.02. The zero-order valence-corrected chi connectivity index (χ0v) is 8.91. The average molecular weight is 203 g/mol. The molecule has 0 amide bonds. The first-order valence-electron chi connectivity index (χ1n) is 5.87. The normalized spacial score (nSPS) is 26.0. The molecule has 80 valence electrons. The van der Waals surface area contributed by atoms with Gasteiger partial charge in [0, 0.05) is 11.5 Å². The Bertz CT molecular complexity index is 344. The van der Waals surface area contributed by atoms with Crippen molar-refractivity contribution < 1.29 is 4.74 Å². The molecule has 1 unspecified atom stereocenters. The number of para-hydroxylation sites is 1. The van der Waals surface area contributed by atoms with E-state index in [1.165, 1.54) is 31.5 Å². The third kappa shape index (κ3) is 1.63. The molecule has 1 saturated heterocycles. The van der Waals surface area contributed by atoms with E-state index in [1.54, 1.807) is 0 Å². The van der Waals surface area contributed by atoms with E-state index in [-0.39, 0.29) is 0 Å². The van der Waals surface area contributed by atoms with Crippen LogP contribution in [0.15, 0.2) is 24.3 Å². The number of piperidine rings is 1. The van der Waals surface area contributed by atoms with Gasteiger partial charge in [-0.3, -0.25) is 0 Å². The molecule has 1 fully saturated rings. The van der Waals surface area contributed by atoms with E-state index in [1.807, 2.05) is 0 Å². The smallest absolute Gasteiger partial charge is 0.122 e. The Kier molecular flexibility index (Phi) is 2.37. The van der Waals surface area contributed by atoms with Crippen LogP contribution in [0.5, 0.6) is 5.75 Å². The lowest BCUT2D eigenvalue weighted by Crippen LogP contribution is -2.31. The maximum Gasteiger partial charge on any atom is 0.122 e. The largest absolute Gasteiger partial charge is 0.493 e. The number of hydrogen-bond donors (Lipinski definition) is 1. The van der Waals surface area contributed by atoms with E-state index in [0.29, 0.717) is 5.92 Å². The molecule has 2 aliphatic heterocycles. The topological polar surface area (TPSA) is 21.3 Å². The van der Waals surface area contributed by atoms with Crippen LogP contribution >= 0.6 is 0 Å². The number of nitrogens with one attached hydrogen (secondary N) is 1. The fourth-order valence-electron chi connectivity index (χ4n) is 2.82. The van der Waals surface area contributed by atoms with Gasteiger partial charge in [-0.2, -0.15) is 0 Å². The first kappa shape index (κ1) is 9.22. The Morgan fingerprint density at radius 2 is 1.93 bits per heavy atom. The highest BCUT2D eigenvalue weighted by Crippen LogP contribution is 2.40. The summed E-state index contributed by atoms with van der Waals surface area (Å²) < 4.78 is 5.74. The Morgan fingerprint density at radius 3 is 2.80 bits per heavy atom. The molecule has 0 radical (unpaired) electrons. The minimum absolute atomic E-state index is 0.642. The van der Waals surface area contributed by atoms with Crippen LogP contribution < -0.4 is 10.1 Å². The Balaban J connectivity index is 1.83. The molecule has 2 heterocycles. The monoisotopic (exact) mass is 203 g/mol. The van der Waals surface area contributed by atoms with Gasteiger partial charge in [-0.15, -0.1) is 0 Å². The van der Waals surface area contributed by atoms with Crippen molar-refractivity contribution in [2.24, 2.45) is 5.92 Å². The predicted molar refractivity (Wildman–Crippen MR) is 60.3 cm³/mol. The number of benzene rings is 1. The molecule has 0 aliphatic carbocycles. The van der Waals surface area contributed by atoms with Gasteiger partial charge in [0.25, 0.3) is 0 Å². The van der Waals surface area contributed by atoms with Crippen LogP contribution in [0, 0.1) is 5.92 Å². The lowest BCUT2D eigenvalue weighted by atomic mass is 9.82. The zero-order valence-electron chi connectivity index (χ0n) is 8.91. The SMILES string of the molecule is c1ccc2c(c1)OCC2C1CCNCC1. The van der Waals surface area contributed by atoms with Crippen LogP contribution in [0.2, 0.25) is 0 Å². The van der Waals surface area contributed by atoms with E-state index in [2.05, 4.69) is 29.6 Å². The summed E-state index contributed by atoms with van der Waals surface area (Å²) in [6.07, 6.45) is 2.59. The van der Waals surface area contributed by atoms with Gasteiger partial charge >= 0.3 is 0 Å². The van der Waals surface area contributed by atoms with Crippen LogP contribution in [0.1, 0.15) is 24.3 Å². The molecule has 1 N–H and O–H groups in total. The molecule has 2 nitrogen and oxygen atoms in total. The lowest BCUT2D eigenvalue weighted by Gasteiger charge is -2.27. The molecule has 2 aliphatic rings. The van der Waals surface area contributed by atoms with Crippen LogP contribution in [-0.2, 0) is 0 Å². The van der Waals surface area contributed by atoms with Gasteiger partial charge in [0.2, 0.25) is 0 Å². The van der Waals surface area contributed by atoms with E-state index < -0.39 is 0 Å². The molecular weight excluding hydrogens is 186 g/mol. The van der Waals surface area contributed by atoms with Crippen molar-refractivity contribution in [2.75, 3.05) is 19.7 Å². The van der Waals surface area contributed by atoms with E-state index in [4.69, 9.17) is 4.74 Å². The van der Waals surface area contributed by atoms with Crippen LogP contribution in [0.3, 0.4) is 0 Å². The fourth-order valence-corrected chi connectivity index (χ4v) is 2.82. The number of hydrogen-bond acceptors (Lipinski definition) is 2. The lowest BCUT2D eigenvalue weighted by molar-refractivity contribution is 0.254. The molecule has 0 aromatic heterocycles. The second-order valence-electron chi connectivity index (χ2n) is 4.54. The van der Waals surface area contributed by atoms with Gasteiger partial charge in [-0.25, -0.2) is 0 Å². The summed E-state index contributed by atoms with van der Waals surface area (Å²) in [6.45, 7) is 3.23. The van der Waals surface area contributed by atoms with Gasteiger partial charge < -0.3 is 10.1 Å². The van der Waals surface area contributed by atoms with Gasteiger partial charge in [-0.1, -0.05) is 18.2 Å². The molecule has 0 saturated carbocycles. The van der Waals surface area contributed by atoms with Gasteiger partial charge in [0.15, 0.2) is 0 Å². The van der Waals surface area contributed by atoms with Crippen molar-refractivity contribution in [1.82, 2.24) is 5.32 Å². The van der Waals surface area contributed by atoms with Crippen molar-refractivity contribution in [3.8, 4) is 5.75 Å². The number of rotatable bonds is 1. The van der Waals surface area contributed by atoms with Crippen molar-refractivity contribution in [3.05, 3.63) is 29.8 Å². The molecule has 2 heteroatoms. The summed E-state index contributed by atoms with van der Waals surface area (Å²) in [5.41, 5.74) is 1.43. The summed E-state index contributed by atoms with van der Waals surface area (Å²) >= 11 is 0. The van der Waals surface area contributed by atoms with Crippen LogP contribution in [0.25, 0.3) is 0 Å². The average Bonchev–Trinajstić information content (AvgIpc) is 2.74. The summed E-state index contributed by atoms with van der Waals surface area (Å²) in [4.78, 5) is 0. The van der Waals surface area contributed by atoms with E-state index >= 15 is 0 Å². The minimum Gasteiger partial charge on any atom is -0.493 e. The third-order valence-corrected chi connectivity index (χ3v) is 3.69. The molecule has 15 heavy (non-hydrogen) atoms. The fraction of sp³-hybridized carbons (Fsp3) is 0.538. The summed E-state index contributed by atoms with van der Waals surface area (Å²) in [5, 5.41) is 3.42. The summed E-state index contributed by atoms with van der Waals surface area (Å²) in [7, 11) is 0. The molecule has 1 atom stereocenters. The van der Waals surface area contributed by atoms with Gasteiger partial charge in [0.05, 0.1) is 6.61 Å². The molecular formula is C13H17NO. The Labute approximate surface area is 90.6 Å². The van der Waals surface area contributed by atoms with Gasteiger partial charge in [0.1, 0.15) is 5.75 Å². The highest BCUT2D eigenvalue weighted by molar-refractivity contribution is 5.40. The third-order valence-electron chi connectivity index (χ3n) is 3.69. The highest BCUT2D eigenvalue weighted by Gasteiger charge is 2.31. The maximum atomic E-state index is 5.74. The second-order valence-corrected chi connectivity index (χ2v) is 4.54. The molecule has 1 aromatic carbocycles. The van der Waals surface area contributed by atoms with Crippen molar-refractivity contribution >= 4 is 0 Å².